The highest BCUT2D eigenvalue weighted by atomic mass is 35.5. The van der Waals surface area contributed by atoms with E-state index in [0.717, 1.165) is 40.3 Å². The van der Waals surface area contributed by atoms with Crippen LogP contribution in [-0.2, 0) is 6.42 Å². The first kappa shape index (κ1) is 16.3. The first-order valence-corrected chi connectivity index (χ1v) is 7.37. The fraction of sp³-hybridized carbons (Fsp3) is 0.533. The number of nitrogens with two attached hydrogens (primary N) is 1. The van der Waals surface area contributed by atoms with Gasteiger partial charge in [0.15, 0.2) is 0 Å². The summed E-state index contributed by atoms with van der Waals surface area (Å²) in [5.74, 6) is 1.07. The number of aryl methyl sites for hydroxylation is 1. The molecule has 2 N–H and O–H groups in total. The summed E-state index contributed by atoms with van der Waals surface area (Å²) in [6.07, 6.45) is 1.74. The molecule has 1 aromatic carbocycles. The highest BCUT2D eigenvalue weighted by Gasteiger charge is 2.17. The van der Waals surface area contributed by atoms with Crippen molar-refractivity contribution in [1.82, 2.24) is 0 Å². The monoisotopic (exact) mass is 299 g/mol. The van der Waals surface area contributed by atoms with Gasteiger partial charge in [-0.3, -0.25) is 0 Å². The van der Waals surface area contributed by atoms with Crippen LogP contribution < -0.4 is 10.5 Å². The second-order valence-corrected chi connectivity index (χ2v) is 5.84. The third-order valence-corrected chi connectivity index (χ3v) is 4.03. The number of thiocarbonyl (C=S) groups is 1. The second kappa shape index (κ2) is 7.11. The number of hydrogen-bond donors (Lipinski definition) is 1. The van der Waals surface area contributed by atoms with Gasteiger partial charge in [-0.15, -0.1) is 0 Å². The van der Waals surface area contributed by atoms with Crippen molar-refractivity contribution in [2.75, 3.05) is 6.61 Å². The smallest absolute Gasteiger partial charge is 0.125 e. The van der Waals surface area contributed by atoms with Crippen LogP contribution in [-0.4, -0.2) is 11.6 Å². The fourth-order valence-electron chi connectivity index (χ4n) is 1.97. The quantitative estimate of drug-likeness (QED) is 0.799. The summed E-state index contributed by atoms with van der Waals surface area (Å²) in [6, 6.07) is 1.96. The lowest BCUT2D eigenvalue weighted by Gasteiger charge is -2.20. The van der Waals surface area contributed by atoms with E-state index >= 15 is 0 Å². The lowest BCUT2D eigenvalue weighted by atomic mass is 9.94. The van der Waals surface area contributed by atoms with Gasteiger partial charge in [0.1, 0.15) is 5.75 Å². The van der Waals surface area contributed by atoms with Crippen LogP contribution in [0, 0.1) is 19.8 Å². The molecule has 0 spiro atoms. The molecule has 0 aromatic heterocycles. The van der Waals surface area contributed by atoms with Gasteiger partial charge in [-0.2, -0.15) is 0 Å². The molecule has 0 fully saturated rings. The Labute approximate surface area is 126 Å². The molecule has 0 bridgehead atoms. The van der Waals surface area contributed by atoms with E-state index in [2.05, 4.69) is 6.92 Å². The molecule has 0 aliphatic rings. The summed E-state index contributed by atoms with van der Waals surface area (Å²) in [5, 5.41) is 0.770. The SMILES string of the molecule is CCCOc1c(C)cc(Cl)c(C)c1CC(C)C(N)=S. The Morgan fingerprint density at radius 3 is 2.63 bits per heavy atom. The van der Waals surface area contributed by atoms with Crippen molar-refractivity contribution < 1.29 is 4.74 Å². The third-order valence-electron chi connectivity index (χ3n) is 3.23. The summed E-state index contributed by atoms with van der Waals surface area (Å²) >= 11 is 11.3. The largest absolute Gasteiger partial charge is 0.493 e. The highest BCUT2D eigenvalue weighted by molar-refractivity contribution is 7.80. The van der Waals surface area contributed by atoms with E-state index in [1.54, 1.807) is 0 Å². The van der Waals surface area contributed by atoms with Crippen LogP contribution in [0.2, 0.25) is 5.02 Å². The van der Waals surface area contributed by atoms with Gasteiger partial charge in [0.05, 0.1) is 11.6 Å². The van der Waals surface area contributed by atoms with Gasteiger partial charge in [0.25, 0.3) is 0 Å². The maximum Gasteiger partial charge on any atom is 0.125 e. The van der Waals surface area contributed by atoms with E-state index in [0.29, 0.717) is 11.6 Å². The summed E-state index contributed by atoms with van der Waals surface area (Å²) in [4.78, 5) is 0.526. The van der Waals surface area contributed by atoms with Crippen molar-refractivity contribution in [2.24, 2.45) is 11.7 Å². The minimum atomic E-state index is 0.135. The van der Waals surface area contributed by atoms with E-state index in [1.165, 1.54) is 0 Å². The summed E-state index contributed by atoms with van der Waals surface area (Å²) in [6.45, 7) is 8.86. The van der Waals surface area contributed by atoms with Crippen LogP contribution in [0.4, 0.5) is 0 Å². The van der Waals surface area contributed by atoms with Gasteiger partial charge in [-0.25, -0.2) is 0 Å². The van der Waals surface area contributed by atoms with Gasteiger partial charge in [-0.05, 0) is 49.4 Å². The lowest BCUT2D eigenvalue weighted by Crippen LogP contribution is -2.21. The fourth-order valence-corrected chi connectivity index (χ4v) is 2.34. The summed E-state index contributed by atoms with van der Waals surface area (Å²) in [7, 11) is 0. The zero-order valence-corrected chi connectivity index (χ0v) is 13.6. The average Bonchev–Trinajstić information content (AvgIpc) is 2.34. The predicted octanol–water partition coefficient (Wildman–Crippen LogP) is 4.21. The van der Waals surface area contributed by atoms with E-state index in [9.17, 15) is 0 Å². The standard InChI is InChI=1S/C15H22ClNOS/c1-5-6-18-14-9(2)8-13(16)11(4)12(14)7-10(3)15(17)19/h8,10H,5-7H2,1-4H3,(H2,17,19). The number of ether oxygens (including phenoxy) is 1. The molecule has 1 atom stereocenters. The maximum atomic E-state index is 6.27. The Kier molecular flexibility index (Phi) is 6.08. The van der Waals surface area contributed by atoms with Crippen LogP contribution in [0.5, 0.6) is 5.75 Å². The minimum Gasteiger partial charge on any atom is -0.493 e. The predicted molar refractivity (Wildman–Crippen MR) is 86.4 cm³/mol. The van der Waals surface area contributed by atoms with Crippen molar-refractivity contribution in [3.63, 3.8) is 0 Å². The number of hydrogen-bond acceptors (Lipinski definition) is 2. The van der Waals surface area contributed by atoms with E-state index in [-0.39, 0.29) is 5.92 Å². The van der Waals surface area contributed by atoms with Gasteiger partial charge in [0, 0.05) is 10.9 Å². The van der Waals surface area contributed by atoms with Gasteiger partial charge < -0.3 is 10.5 Å². The third kappa shape index (κ3) is 4.08. The van der Waals surface area contributed by atoms with E-state index < -0.39 is 0 Å². The highest BCUT2D eigenvalue weighted by Crippen LogP contribution is 2.34. The van der Waals surface area contributed by atoms with Crippen LogP contribution in [0.1, 0.15) is 37.0 Å². The first-order valence-electron chi connectivity index (χ1n) is 6.59. The molecule has 106 valence electrons. The Morgan fingerprint density at radius 1 is 1.47 bits per heavy atom. The Bertz CT molecular complexity index is 474. The molecule has 19 heavy (non-hydrogen) atoms. The Balaban J connectivity index is 3.20. The maximum absolute atomic E-state index is 6.27. The molecule has 2 nitrogen and oxygen atoms in total. The summed E-state index contributed by atoms with van der Waals surface area (Å²) in [5.41, 5.74) is 8.96. The molecule has 1 rings (SSSR count). The molecule has 0 aliphatic carbocycles. The van der Waals surface area contributed by atoms with Crippen molar-refractivity contribution in [3.8, 4) is 5.75 Å². The van der Waals surface area contributed by atoms with E-state index in [1.807, 2.05) is 26.8 Å². The molecule has 1 unspecified atom stereocenters. The zero-order valence-electron chi connectivity index (χ0n) is 12.0. The van der Waals surface area contributed by atoms with Crippen molar-refractivity contribution in [3.05, 3.63) is 27.8 Å². The van der Waals surface area contributed by atoms with Gasteiger partial charge in [-0.1, -0.05) is 37.7 Å². The van der Waals surface area contributed by atoms with Gasteiger partial charge >= 0.3 is 0 Å². The first-order chi connectivity index (χ1) is 8.88. The van der Waals surface area contributed by atoms with E-state index in [4.69, 9.17) is 34.3 Å². The average molecular weight is 300 g/mol. The molecule has 4 heteroatoms. The Hall–Kier alpha value is -0.800. The summed E-state index contributed by atoms with van der Waals surface area (Å²) < 4.78 is 5.89. The Morgan fingerprint density at radius 2 is 2.11 bits per heavy atom. The molecule has 0 radical (unpaired) electrons. The lowest BCUT2D eigenvalue weighted by molar-refractivity contribution is 0.311. The van der Waals surface area contributed by atoms with Crippen molar-refractivity contribution >= 4 is 28.8 Å². The number of rotatable bonds is 6. The molecule has 0 saturated carbocycles. The number of benzene rings is 1. The normalized spacial score (nSPS) is 12.3. The molecule has 0 saturated heterocycles. The van der Waals surface area contributed by atoms with Crippen LogP contribution in [0.15, 0.2) is 6.07 Å². The number of halogens is 1. The molecule has 0 aliphatic heterocycles. The van der Waals surface area contributed by atoms with Gasteiger partial charge in [0.2, 0.25) is 0 Å². The molecular formula is C15H22ClNOS. The molecular weight excluding hydrogens is 278 g/mol. The molecule has 1 aromatic rings. The zero-order chi connectivity index (χ0) is 14.6. The second-order valence-electron chi connectivity index (χ2n) is 4.96. The molecule has 0 heterocycles. The van der Waals surface area contributed by atoms with Crippen molar-refractivity contribution in [2.45, 2.75) is 40.5 Å². The topological polar surface area (TPSA) is 35.2 Å². The van der Waals surface area contributed by atoms with Crippen LogP contribution >= 0.6 is 23.8 Å². The van der Waals surface area contributed by atoms with Crippen molar-refractivity contribution in [1.29, 1.82) is 0 Å². The van der Waals surface area contributed by atoms with Crippen LogP contribution in [0.3, 0.4) is 0 Å². The minimum absolute atomic E-state index is 0.135. The van der Waals surface area contributed by atoms with Crippen LogP contribution in [0.25, 0.3) is 0 Å². The molecule has 0 amide bonds.